The van der Waals surface area contributed by atoms with Gasteiger partial charge in [0, 0.05) is 5.92 Å². The predicted molar refractivity (Wildman–Crippen MR) is 90.5 cm³/mol. The van der Waals surface area contributed by atoms with Crippen LogP contribution >= 0.6 is 0 Å². The normalized spacial score (nSPS) is 50.6. The van der Waals surface area contributed by atoms with Crippen LogP contribution in [-0.4, -0.2) is 5.78 Å². The van der Waals surface area contributed by atoms with Crippen molar-refractivity contribution in [2.75, 3.05) is 0 Å². The molecule has 1 heteroatoms. The summed E-state index contributed by atoms with van der Waals surface area (Å²) in [7, 11) is 0. The summed E-state index contributed by atoms with van der Waals surface area (Å²) in [6.07, 6.45) is 14.8. The standard InChI is InChI=1S/C21H32O/c1-14(22)17-9-10-18-16-8-7-15-6-4-5-12-20(15,2)19(16)11-13-21(17,18)3/h10,15-17,19H,4-9,11-13H2,1-3H3/t15?,16-,17+,19-,20-,21+/m0/s1. The van der Waals surface area contributed by atoms with Crippen LogP contribution in [0.1, 0.15) is 78.6 Å². The molecule has 0 N–H and O–H groups in total. The van der Waals surface area contributed by atoms with Gasteiger partial charge < -0.3 is 0 Å². The van der Waals surface area contributed by atoms with Crippen LogP contribution < -0.4 is 0 Å². The summed E-state index contributed by atoms with van der Waals surface area (Å²) in [6.45, 7) is 6.84. The van der Waals surface area contributed by atoms with E-state index in [1.54, 1.807) is 5.57 Å². The van der Waals surface area contributed by atoms with E-state index >= 15 is 0 Å². The molecule has 0 radical (unpaired) electrons. The first-order chi connectivity index (χ1) is 10.5. The van der Waals surface area contributed by atoms with Crippen LogP contribution in [0.25, 0.3) is 0 Å². The van der Waals surface area contributed by atoms with E-state index in [9.17, 15) is 4.79 Å². The van der Waals surface area contributed by atoms with Crippen molar-refractivity contribution >= 4 is 5.78 Å². The van der Waals surface area contributed by atoms with Gasteiger partial charge in [0.2, 0.25) is 0 Å². The number of carbonyl (C=O) groups excluding carboxylic acids is 1. The zero-order chi connectivity index (χ0) is 15.5. The monoisotopic (exact) mass is 300 g/mol. The lowest BCUT2D eigenvalue weighted by molar-refractivity contribution is -0.125. The SMILES string of the molecule is CC(=O)[C@H]1CC=C2[C@@H]3CCC4CCCC[C@]4(C)[C@H]3CC[C@@]21C. The van der Waals surface area contributed by atoms with Gasteiger partial charge in [-0.2, -0.15) is 0 Å². The van der Waals surface area contributed by atoms with Gasteiger partial charge in [-0.1, -0.05) is 38.3 Å². The Morgan fingerprint density at radius 2 is 1.91 bits per heavy atom. The summed E-state index contributed by atoms with van der Waals surface area (Å²) in [4.78, 5) is 12.1. The fraction of sp³-hybridized carbons (Fsp3) is 0.857. The van der Waals surface area contributed by atoms with Crippen LogP contribution in [0.5, 0.6) is 0 Å². The van der Waals surface area contributed by atoms with Crippen LogP contribution in [-0.2, 0) is 4.79 Å². The average molecular weight is 300 g/mol. The average Bonchev–Trinajstić information content (AvgIpc) is 2.84. The largest absolute Gasteiger partial charge is 0.300 e. The van der Waals surface area contributed by atoms with Gasteiger partial charge in [-0.3, -0.25) is 4.79 Å². The molecular weight excluding hydrogens is 268 g/mol. The highest BCUT2D eigenvalue weighted by atomic mass is 16.1. The van der Waals surface area contributed by atoms with E-state index in [4.69, 9.17) is 0 Å². The highest BCUT2D eigenvalue weighted by Crippen LogP contribution is 2.65. The number of hydrogen-bond donors (Lipinski definition) is 0. The summed E-state index contributed by atoms with van der Waals surface area (Å²) >= 11 is 0. The van der Waals surface area contributed by atoms with Crippen LogP contribution in [0.2, 0.25) is 0 Å². The van der Waals surface area contributed by atoms with E-state index in [0.29, 0.717) is 11.2 Å². The maximum atomic E-state index is 12.1. The molecule has 1 unspecified atom stereocenters. The van der Waals surface area contributed by atoms with Crippen LogP contribution in [0, 0.1) is 34.5 Å². The minimum Gasteiger partial charge on any atom is -0.300 e. The summed E-state index contributed by atoms with van der Waals surface area (Å²) in [5, 5.41) is 0. The van der Waals surface area contributed by atoms with E-state index in [-0.39, 0.29) is 11.3 Å². The Morgan fingerprint density at radius 1 is 1.09 bits per heavy atom. The van der Waals surface area contributed by atoms with Gasteiger partial charge in [0.1, 0.15) is 5.78 Å². The van der Waals surface area contributed by atoms with Gasteiger partial charge in [-0.25, -0.2) is 0 Å². The van der Waals surface area contributed by atoms with Gasteiger partial charge in [-0.05, 0) is 80.5 Å². The molecule has 4 aliphatic rings. The van der Waals surface area contributed by atoms with Gasteiger partial charge in [-0.15, -0.1) is 0 Å². The molecule has 3 fully saturated rings. The Morgan fingerprint density at radius 3 is 2.68 bits per heavy atom. The van der Waals surface area contributed by atoms with E-state index in [2.05, 4.69) is 19.9 Å². The molecule has 0 spiro atoms. The van der Waals surface area contributed by atoms with Crippen molar-refractivity contribution in [1.82, 2.24) is 0 Å². The molecule has 122 valence electrons. The molecule has 22 heavy (non-hydrogen) atoms. The second kappa shape index (κ2) is 4.95. The molecular formula is C21H32O. The first kappa shape index (κ1) is 15.0. The van der Waals surface area contributed by atoms with Crippen molar-refractivity contribution in [1.29, 1.82) is 0 Å². The van der Waals surface area contributed by atoms with E-state index in [1.165, 1.54) is 51.4 Å². The molecule has 0 aromatic rings. The first-order valence-corrected chi connectivity index (χ1v) is 9.68. The van der Waals surface area contributed by atoms with E-state index in [0.717, 1.165) is 24.2 Å². The zero-order valence-corrected chi connectivity index (χ0v) is 14.7. The molecule has 0 amide bonds. The van der Waals surface area contributed by atoms with E-state index < -0.39 is 0 Å². The number of allylic oxidation sites excluding steroid dienone is 2. The lowest BCUT2D eigenvalue weighted by Crippen LogP contribution is -2.50. The van der Waals surface area contributed by atoms with Crippen molar-refractivity contribution < 1.29 is 4.79 Å². The van der Waals surface area contributed by atoms with E-state index in [1.807, 2.05) is 6.92 Å². The number of carbonyl (C=O) groups is 1. The maximum Gasteiger partial charge on any atom is 0.134 e. The summed E-state index contributed by atoms with van der Waals surface area (Å²) < 4.78 is 0. The van der Waals surface area contributed by atoms with Crippen LogP contribution in [0.3, 0.4) is 0 Å². The third-order valence-electron chi connectivity index (χ3n) is 8.48. The molecule has 0 aromatic heterocycles. The second-order valence-electron chi connectivity index (χ2n) is 9.25. The lowest BCUT2D eigenvalue weighted by atomic mass is 9.46. The topological polar surface area (TPSA) is 17.1 Å². The first-order valence-electron chi connectivity index (χ1n) is 9.68. The summed E-state index contributed by atoms with van der Waals surface area (Å²) in [6, 6.07) is 0. The predicted octanol–water partition coefficient (Wildman–Crippen LogP) is 5.54. The number of rotatable bonds is 1. The highest BCUT2D eigenvalue weighted by Gasteiger charge is 2.57. The van der Waals surface area contributed by atoms with Crippen molar-refractivity contribution in [3.63, 3.8) is 0 Å². The quantitative estimate of drug-likeness (QED) is 0.581. The Bertz CT molecular complexity index is 518. The Kier molecular flexibility index (Phi) is 3.37. The number of Topliss-reactive ketones (excluding diaryl/α,β-unsaturated/α-hetero) is 1. The van der Waals surface area contributed by atoms with Gasteiger partial charge >= 0.3 is 0 Å². The molecule has 0 saturated heterocycles. The molecule has 0 bridgehead atoms. The molecule has 0 aliphatic heterocycles. The minimum absolute atomic E-state index is 0.199. The maximum absolute atomic E-state index is 12.1. The van der Waals surface area contributed by atoms with Crippen LogP contribution in [0.15, 0.2) is 11.6 Å². The summed E-state index contributed by atoms with van der Waals surface area (Å²) in [5.74, 6) is 3.38. The molecule has 6 atom stereocenters. The lowest BCUT2D eigenvalue weighted by Gasteiger charge is -2.59. The molecule has 0 aromatic carbocycles. The van der Waals surface area contributed by atoms with Crippen molar-refractivity contribution in [3.05, 3.63) is 11.6 Å². The number of fused-ring (bicyclic) bond motifs is 5. The van der Waals surface area contributed by atoms with Gasteiger partial charge in [0.15, 0.2) is 0 Å². The third kappa shape index (κ3) is 1.86. The molecule has 0 heterocycles. The van der Waals surface area contributed by atoms with Crippen molar-refractivity contribution in [3.8, 4) is 0 Å². The number of ketones is 1. The molecule has 4 rings (SSSR count). The molecule has 1 nitrogen and oxygen atoms in total. The highest BCUT2D eigenvalue weighted by molar-refractivity contribution is 5.80. The third-order valence-corrected chi connectivity index (χ3v) is 8.48. The molecule has 4 aliphatic carbocycles. The Hall–Kier alpha value is -0.590. The smallest absolute Gasteiger partial charge is 0.134 e. The molecule has 3 saturated carbocycles. The zero-order valence-electron chi connectivity index (χ0n) is 14.7. The fourth-order valence-corrected chi connectivity index (χ4v) is 7.24. The Balaban J connectivity index is 1.66. The van der Waals surface area contributed by atoms with Crippen molar-refractivity contribution in [2.24, 2.45) is 34.5 Å². The summed E-state index contributed by atoms with van der Waals surface area (Å²) in [5.41, 5.74) is 2.50. The Labute approximate surface area is 135 Å². The minimum atomic E-state index is 0.199. The van der Waals surface area contributed by atoms with Gasteiger partial charge in [0.05, 0.1) is 0 Å². The number of hydrogen-bond acceptors (Lipinski definition) is 1. The van der Waals surface area contributed by atoms with Gasteiger partial charge in [0.25, 0.3) is 0 Å². The van der Waals surface area contributed by atoms with Crippen molar-refractivity contribution in [2.45, 2.75) is 78.6 Å². The fourth-order valence-electron chi connectivity index (χ4n) is 7.24. The second-order valence-corrected chi connectivity index (χ2v) is 9.25. The van der Waals surface area contributed by atoms with Crippen LogP contribution in [0.4, 0.5) is 0 Å².